The monoisotopic (exact) mass is 503 g/mol. The lowest BCUT2D eigenvalue weighted by Gasteiger charge is -2.10. The van der Waals surface area contributed by atoms with Gasteiger partial charge in [0.05, 0.1) is 16.8 Å². The summed E-state index contributed by atoms with van der Waals surface area (Å²) in [4.78, 5) is 52.9. The molecule has 0 unspecified atom stereocenters. The molecule has 0 aliphatic heterocycles. The van der Waals surface area contributed by atoms with Crippen molar-refractivity contribution >= 4 is 28.5 Å². The first-order chi connectivity index (χ1) is 17.8. The van der Waals surface area contributed by atoms with Crippen molar-refractivity contribution in [1.82, 2.24) is 14.1 Å². The van der Waals surface area contributed by atoms with E-state index in [-0.39, 0.29) is 23.4 Å². The van der Waals surface area contributed by atoms with Gasteiger partial charge in [0, 0.05) is 18.8 Å². The number of ether oxygens (including phenoxy) is 1. The first kappa shape index (κ1) is 25.5. The number of rotatable bonds is 10. The summed E-state index contributed by atoms with van der Waals surface area (Å²) in [5.41, 5.74) is 7.70. The Labute approximate surface area is 212 Å². The highest BCUT2D eigenvalue weighted by Gasteiger charge is 2.16. The van der Waals surface area contributed by atoms with Gasteiger partial charge in [-0.05, 0) is 60.9 Å². The third-order valence-electron chi connectivity index (χ3n) is 5.90. The van der Waals surface area contributed by atoms with Gasteiger partial charge in [0.25, 0.3) is 17.4 Å². The van der Waals surface area contributed by atoms with Gasteiger partial charge >= 0.3 is 5.69 Å². The average Bonchev–Trinajstić information content (AvgIpc) is 3.34. The Morgan fingerprint density at radius 1 is 0.973 bits per heavy atom. The standard InChI is InChI=1S/C27H29N5O5/c1-3-13-31-22-15-21(30-24(22)26(35)32(14-4-2)27(31)36)17-9-11-18(12-10-17)37-16-23(33)29-20-8-6-5-7-19(20)25(28)34/h5-12,15,30H,3-4,13-14,16H2,1-2H3,(H2,28,34)(H,29,33). The number of hydrogen-bond donors (Lipinski definition) is 3. The molecule has 37 heavy (non-hydrogen) atoms. The topological polar surface area (TPSA) is 141 Å². The molecule has 0 radical (unpaired) electrons. The maximum absolute atomic E-state index is 13.0. The van der Waals surface area contributed by atoms with Crippen LogP contribution in [-0.4, -0.2) is 32.5 Å². The second-order valence-electron chi connectivity index (χ2n) is 8.61. The number of primary amides is 1. The fraction of sp³-hybridized carbons (Fsp3) is 0.259. The Balaban J connectivity index is 1.52. The van der Waals surface area contributed by atoms with E-state index in [1.807, 2.05) is 19.9 Å². The lowest BCUT2D eigenvalue weighted by Crippen LogP contribution is -2.39. The van der Waals surface area contributed by atoms with Crippen LogP contribution in [-0.2, 0) is 17.9 Å². The number of H-pyrrole nitrogens is 1. The van der Waals surface area contributed by atoms with Crippen molar-refractivity contribution in [3.63, 3.8) is 0 Å². The fourth-order valence-corrected chi connectivity index (χ4v) is 4.18. The number of aromatic nitrogens is 3. The number of para-hydroxylation sites is 1. The molecule has 10 heteroatoms. The van der Waals surface area contributed by atoms with Gasteiger partial charge in [-0.25, -0.2) is 4.79 Å². The number of fused-ring (bicyclic) bond motifs is 1. The average molecular weight is 504 g/mol. The highest BCUT2D eigenvalue weighted by Crippen LogP contribution is 2.25. The number of aromatic amines is 1. The van der Waals surface area contributed by atoms with Crippen molar-refractivity contribution in [2.45, 2.75) is 39.8 Å². The zero-order valence-corrected chi connectivity index (χ0v) is 20.7. The molecule has 0 atom stereocenters. The number of nitrogens with two attached hydrogens (primary N) is 1. The molecule has 192 valence electrons. The summed E-state index contributed by atoms with van der Waals surface area (Å²) in [6, 6.07) is 15.3. The lowest BCUT2D eigenvalue weighted by atomic mass is 10.1. The van der Waals surface area contributed by atoms with E-state index in [4.69, 9.17) is 10.5 Å². The fourth-order valence-electron chi connectivity index (χ4n) is 4.18. The maximum Gasteiger partial charge on any atom is 0.331 e. The number of hydrogen-bond acceptors (Lipinski definition) is 5. The predicted molar refractivity (Wildman–Crippen MR) is 142 cm³/mol. The van der Waals surface area contributed by atoms with Gasteiger partial charge < -0.3 is 20.8 Å². The number of nitrogens with one attached hydrogen (secondary N) is 2. The minimum atomic E-state index is -0.639. The van der Waals surface area contributed by atoms with Crippen LogP contribution in [0.15, 0.2) is 64.2 Å². The largest absolute Gasteiger partial charge is 0.484 e. The summed E-state index contributed by atoms with van der Waals surface area (Å²) >= 11 is 0. The molecule has 0 aliphatic rings. The molecule has 4 rings (SSSR count). The molecular weight excluding hydrogens is 474 g/mol. The number of aryl methyl sites for hydroxylation is 1. The first-order valence-electron chi connectivity index (χ1n) is 12.1. The Hall–Kier alpha value is -4.60. The molecule has 0 aliphatic carbocycles. The molecule has 10 nitrogen and oxygen atoms in total. The van der Waals surface area contributed by atoms with Crippen LogP contribution in [0, 0.1) is 0 Å². The Morgan fingerprint density at radius 3 is 2.32 bits per heavy atom. The van der Waals surface area contributed by atoms with Crippen LogP contribution < -0.4 is 27.0 Å². The van der Waals surface area contributed by atoms with Gasteiger partial charge in [-0.15, -0.1) is 0 Å². The number of benzene rings is 2. The van der Waals surface area contributed by atoms with Gasteiger partial charge in [-0.2, -0.15) is 0 Å². The maximum atomic E-state index is 13.0. The van der Waals surface area contributed by atoms with Gasteiger partial charge in [0.2, 0.25) is 0 Å². The predicted octanol–water partition coefficient (Wildman–Crippen LogP) is 3.09. The van der Waals surface area contributed by atoms with Crippen LogP contribution in [0.2, 0.25) is 0 Å². The van der Waals surface area contributed by atoms with Gasteiger partial charge in [0.15, 0.2) is 6.61 Å². The van der Waals surface area contributed by atoms with E-state index >= 15 is 0 Å². The zero-order chi connectivity index (χ0) is 26.5. The molecular formula is C27H29N5O5. The van der Waals surface area contributed by atoms with E-state index in [9.17, 15) is 19.2 Å². The number of anilines is 1. The second-order valence-corrected chi connectivity index (χ2v) is 8.61. The third kappa shape index (κ3) is 5.32. The minimum Gasteiger partial charge on any atom is -0.484 e. The number of carbonyl (C=O) groups is 2. The molecule has 4 aromatic rings. The van der Waals surface area contributed by atoms with Crippen molar-refractivity contribution < 1.29 is 14.3 Å². The van der Waals surface area contributed by atoms with Crippen molar-refractivity contribution in [3.8, 4) is 17.0 Å². The Bertz CT molecular complexity index is 1560. The summed E-state index contributed by atoms with van der Waals surface area (Å²) in [6.45, 7) is 4.51. The lowest BCUT2D eigenvalue weighted by molar-refractivity contribution is -0.118. The normalized spacial score (nSPS) is 11.0. The molecule has 2 aromatic carbocycles. The SMILES string of the molecule is CCCn1c(=O)c2[nH]c(-c3ccc(OCC(=O)Nc4ccccc4C(N)=O)cc3)cc2n(CCC)c1=O. The van der Waals surface area contributed by atoms with E-state index in [0.717, 1.165) is 12.0 Å². The van der Waals surface area contributed by atoms with E-state index < -0.39 is 11.8 Å². The summed E-state index contributed by atoms with van der Waals surface area (Å²) in [5.74, 6) is -0.614. The molecule has 0 bridgehead atoms. The Morgan fingerprint density at radius 2 is 1.65 bits per heavy atom. The van der Waals surface area contributed by atoms with E-state index in [1.165, 1.54) is 10.6 Å². The van der Waals surface area contributed by atoms with Crippen molar-refractivity contribution in [1.29, 1.82) is 0 Å². The highest BCUT2D eigenvalue weighted by molar-refractivity contribution is 6.03. The van der Waals surface area contributed by atoms with Crippen LogP contribution in [0.4, 0.5) is 5.69 Å². The van der Waals surface area contributed by atoms with Crippen molar-refractivity contribution in [3.05, 3.63) is 81.0 Å². The summed E-state index contributed by atoms with van der Waals surface area (Å²) in [5, 5.41) is 2.62. The van der Waals surface area contributed by atoms with Gasteiger partial charge in [-0.3, -0.25) is 23.5 Å². The molecule has 2 heterocycles. The van der Waals surface area contributed by atoms with E-state index in [2.05, 4.69) is 10.3 Å². The summed E-state index contributed by atoms with van der Waals surface area (Å²) in [7, 11) is 0. The van der Waals surface area contributed by atoms with E-state index in [0.29, 0.717) is 47.7 Å². The molecule has 0 fully saturated rings. The minimum absolute atomic E-state index is 0.212. The quantitative estimate of drug-likeness (QED) is 0.305. The van der Waals surface area contributed by atoms with Gasteiger partial charge in [-0.1, -0.05) is 26.0 Å². The second kappa shape index (κ2) is 11.0. The van der Waals surface area contributed by atoms with Crippen molar-refractivity contribution in [2.75, 3.05) is 11.9 Å². The Kier molecular flexibility index (Phi) is 7.57. The molecule has 2 amide bonds. The zero-order valence-electron chi connectivity index (χ0n) is 20.7. The smallest absolute Gasteiger partial charge is 0.331 e. The van der Waals surface area contributed by atoms with Gasteiger partial charge in [0.1, 0.15) is 11.3 Å². The molecule has 0 saturated carbocycles. The third-order valence-corrected chi connectivity index (χ3v) is 5.90. The van der Waals surface area contributed by atoms with Crippen LogP contribution in [0.1, 0.15) is 37.0 Å². The van der Waals surface area contributed by atoms with Crippen LogP contribution >= 0.6 is 0 Å². The summed E-state index contributed by atoms with van der Waals surface area (Å²) < 4.78 is 8.50. The number of nitrogens with zero attached hydrogens (tertiary/aromatic N) is 2. The summed E-state index contributed by atoms with van der Waals surface area (Å²) in [6.07, 6.45) is 1.44. The first-order valence-corrected chi connectivity index (χ1v) is 12.1. The van der Waals surface area contributed by atoms with Crippen LogP contribution in [0.3, 0.4) is 0 Å². The molecule has 0 spiro atoms. The number of amides is 2. The molecule has 2 aromatic heterocycles. The van der Waals surface area contributed by atoms with Crippen molar-refractivity contribution in [2.24, 2.45) is 5.73 Å². The van der Waals surface area contributed by atoms with E-state index in [1.54, 1.807) is 47.0 Å². The number of carbonyl (C=O) groups excluding carboxylic acids is 2. The van der Waals surface area contributed by atoms with Crippen LogP contribution in [0.25, 0.3) is 22.3 Å². The highest BCUT2D eigenvalue weighted by atomic mass is 16.5. The molecule has 4 N–H and O–H groups in total. The molecule has 0 saturated heterocycles. The van der Waals surface area contributed by atoms with Crippen LogP contribution in [0.5, 0.6) is 5.75 Å².